The summed E-state index contributed by atoms with van der Waals surface area (Å²) >= 11 is 0. The van der Waals surface area contributed by atoms with Crippen LogP contribution in [-0.4, -0.2) is 122 Å². The summed E-state index contributed by atoms with van der Waals surface area (Å²) in [5.41, 5.74) is 0.522. The Morgan fingerprint density at radius 2 is 1.60 bits per heavy atom. The van der Waals surface area contributed by atoms with Crippen molar-refractivity contribution < 1.29 is 74.1 Å². The van der Waals surface area contributed by atoms with Gasteiger partial charge in [-0.1, -0.05) is 6.07 Å². The Hall–Kier alpha value is -3.51. The average molecular weight is 609 g/mol. The second-order valence-electron chi connectivity index (χ2n) is 10.3. The molecule has 2 aromatic rings. The monoisotopic (exact) mass is 608 g/mol. The molecule has 3 aliphatic rings. The number of Topliss-reactive ketones (excluding diaryl/α,β-unsaturated/α-hetero) is 1. The number of carbonyl (C=O) groups is 1. The van der Waals surface area contributed by atoms with Crippen molar-refractivity contribution in [3.8, 4) is 28.7 Å². The van der Waals surface area contributed by atoms with Crippen molar-refractivity contribution in [3.05, 3.63) is 47.2 Å². The Bertz CT molecular complexity index is 1380. The van der Waals surface area contributed by atoms with Crippen molar-refractivity contribution >= 4 is 11.9 Å². The molecule has 0 bridgehead atoms. The van der Waals surface area contributed by atoms with Gasteiger partial charge in [0.25, 0.3) is 0 Å². The van der Waals surface area contributed by atoms with Crippen molar-refractivity contribution in [1.29, 1.82) is 0 Å². The fourth-order valence-corrected chi connectivity index (χ4v) is 5.03. The van der Waals surface area contributed by atoms with Gasteiger partial charge >= 0.3 is 0 Å². The number of carbonyl (C=O) groups excluding carboxylic acids is 1. The van der Waals surface area contributed by atoms with Crippen molar-refractivity contribution in [1.82, 2.24) is 0 Å². The number of hydrogen-bond donors (Lipinski definition) is 8. The lowest BCUT2D eigenvalue weighted by Crippen LogP contribution is -2.64. The van der Waals surface area contributed by atoms with Crippen LogP contribution in [0, 0.1) is 0 Å². The van der Waals surface area contributed by atoms with E-state index in [1.807, 2.05) is 0 Å². The summed E-state index contributed by atoms with van der Waals surface area (Å²) in [5, 5.41) is 80.7. The molecule has 0 radical (unpaired) electrons. The molecule has 2 saturated heterocycles. The molecule has 15 heteroatoms. The van der Waals surface area contributed by atoms with Gasteiger partial charge in [0, 0.05) is 0 Å². The minimum absolute atomic E-state index is 0.00525. The number of phenols is 2. The van der Waals surface area contributed by atoms with Gasteiger partial charge in [0.05, 0.1) is 25.4 Å². The highest BCUT2D eigenvalue weighted by Crippen LogP contribution is 2.46. The molecule has 0 aromatic heterocycles. The molecule has 234 valence electrons. The van der Waals surface area contributed by atoms with E-state index >= 15 is 0 Å². The minimum atomic E-state index is -1.74. The molecule has 2 fully saturated rings. The van der Waals surface area contributed by atoms with Gasteiger partial charge in [-0.2, -0.15) is 0 Å². The van der Waals surface area contributed by atoms with Crippen LogP contribution in [0.15, 0.2) is 36.1 Å². The average Bonchev–Trinajstić information content (AvgIpc) is 3.30. The number of allylic oxidation sites excluding steroid dienone is 1. The van der Waals surface area contributed by atoms with Crippen LogP contribution in [0.2, 0.25) is 0 Å². The molecule has 15 nitrogen and oxygen atoms in total. The summed E-state index contributed by atoms with van der Waals surface area (Å²) < 4.78 is 33.7. The van der Waals surface area contributed by atoms with E-state index in [0.29, 0.717) is 5.56 Å². The zero-order chi connectivity index (χ0) is 31.2. The normalized spacial score (nSPS) is 35.0. The molecular formula is C28H32O15. The van der Waals surface area contributed by atoms with Crippen LogP contribution in [0.1, 0.15) is 22.8 Å². The van der Waals surface area contributed by atoms with Crippen LogP contribution in [0.25, 0.3) is 6.08 Å². The number of aliphatic hydroxyl groups excluding tert-OH is 6. The van der Waals surface area contributed by atoms with Crippen LogP contribution in [0.3, 0.4) is 0 Å². The summed E-state index contributed by atoms with van der Waals surface area (Å²) in [6.45, 7) is 0.804. The number of aromatic hydroxyl groups is 2. The van der Waals surface area contributed by atoms with E-state index in [1.165, 1.54) is 50.4 Å². The van der Waals surface area contributed by atoms with Crippen molar-refractivity contribution in [3.63, 3.8) is 0 Å². The van der Waals surface area contributed by atoms with E-state index in [-0.39, 0.29) is 40.1 Å². The molecule has 0 aliphatic carbocycles. The summed E-state index contributed by atoms with van der Waals surface area (Å²) in [6, 6.07) is 6.76. The zero-order valence-corrected chi connectivity index (χ0v) is 22.9. The third kappa shape index (κ3) is 5.74. The third-order valence-electron chi connectivity index (χ3n) is 7.42. The molecule has 2 aromatic carbocycles. The highest BCUT2D eigenvalue weighted by molar-refractivity contribution is 6.15. The molecule has 43 heavy (non-hydrogen) atoms. The van der Waals surface area contributed by atoms with Gasteiger partial charge in [-0.3, -0.25) is 4.79 Å². The highest BCUT2D eigenvalue weighted by atomic mass is 16.7. The lowest BCUT2D eigenvalue weighted by molar-refractivity contribution is -0.348. The lowest BCUT2D eigenvalue weighted by atomic mass is 9.97. The van der Waals surface area contributed by atoms with Crippen molar-refractivity contribution in [2.24, 2.45) is 0 Å². The Morgan fingerprint density at radius 3 is 2.28 bits per heavy atom. The molecule has 10 atom stereocenters. The number of rotatable bonds is 7. The fraction of sp³-hybridized carbons (Fsp3) is 0.464. The van der Waals surface area contributed by atoms with E-state index in [1.54, 1.807) is 0 Å². The Balaban J connectivity index is 1.31. The maximum absolute atomic E-state index is 13.0. The van der Waals surface area contributed by atoms with E-state index in [2.05, 4.69) is 0 Å². The molecular weight excluding hydrogens is 576 g/mol. The summed E-state index contributed by atoms with van der Waals surface area (Å²) in [4.78, 5) is 13.0. The van der Waals surface area contributed by atoms with Gasteiger partial charge < -0.3 is 69.3 Å². The number of methoxy groups -OCH3 is 1. The molecule has 5 rings (SSSR count). The molecule has 0 saturated carbocycles. The van der Waals surface area contributed by atoms with Gasteiger partial charge in [0.15, 0.2) is 35.0 Å². The lowest BCUT2D eigenvalue weighted by Gasteiger charge is -2.45. The van der Waals surface area contributed by atoms with Crippen LogP contribution in [0.4, 0.5) is 0 Å². The number of benzene rings is 2. The predicted molar refractivity (Wildman–Crippen MR) is 141 cm³/mol. The number of phenolic OH excluding ortho intramolecular Hbond substituents is 2. The van der Waals surface area contributed by atoms with E-state index in [4.69, 9.17) is 28.4 Å². The Kier molecular flexibility index (Phi) is 8.80. The van der Waals surface area contributed by atoms with Crippen LogP contribution in [-0.2, 0) is 14.2 Å². The largest absolute Gasteiger partial charge is 0.504 e. The topological polar surface area (TPSA) is 234 Å². The number of aliphatic hydroxyl groups is 6. The van der Waals surface area contributed by atoms with E-state index in [0.717, 1.165) is 0 Å². The zero-order valence-electron chi connectivity index (χ0n) is 22.9. The van der Waals surface area contributed by atoms with Crippen LogP contribution in [0.5, 0.6) is 28.7 Å². The fourth-order valence-electron chi connectivity index (χ4n) is 5.03. The first-order chi connectivity index (χ1) is 20.4. The number of hydrogen-bond acceptors (Lipinski definition) is 15. The molecule has 8 N–H and O–H groups in total. The highest BCUT2D eigenvalue weighted by Gasteiger charge is 2.50. The smallest absolute Gasteiger partial charge is 0.232 e. The van der Waals surface area contributed by atoms with Gasteiger partial charge in [0.1, 0.15) is 42.7 Å². The van der Waals surface area contributed by atoms with E-state index in [9.17, 15) is 45.6 Å². The number of ketones is 1. The number of fused-ring (bicyclic) bond motifs is 1. The van der Waals surface area contributed by atoms with Gasteiger partial charge in [0.2, 0.25) is 17.8 Å². The summed E-state index contributed by atoms with van der Waals surface area (Å²) in [7, 11) is 1.30. The first-order valence-electron chi connectivity index (χ1n) is 13.3. The second kappa shape index (κ2) is 12.2. The Morgan fingerprint density at radius 1 is 0.884 bits per heavy atom. The maximum Gasteiger partial charge on any atom is 0.232 e. The molecule has 3 aliphatic heterocycles. The number of ether oxygens (including phenoxy) is 6. The van der Waals surface area contributed by atoms with Crippen molar-refractivity contribution in [2.45, 2.75) is 68.3 Å². The van der Waals surface area contributed by atoms with Crippen LogP contribution < -0.4 is 14.2 Å². The standard InChI is InChI=1S/C28H32O15/c1-10-24(43-28-22(36)20(34)19(33)17(9-29)42-28)21(35)23(37)27(39-10)41-15-6-4-12-18(32)16(40-25(12)26(15)38-2)8-11-3-5-13(30)14(31)7-11/h3-8,10,17,19-24,27-31,33-37H,9H2,1-2H3/b16-8+/t10-,17+,19+,20-,21-,22+,23+,24-,27-,28-/m0/s1. The molecule has 0 unspecified atom stereocenters. The minimum Gasteiger partial charge on any atom is -0.504 e. The summed E-state index contributed by atoms with van der Waals surface area (Å²) in [5.74, 6) is -1.29. The maximum atomic E-state index is 13.0. The molecule has 0 amide bonds. The SMILES string of the molecule is COc1c(O[C@@H]2O[C@@H](C)[C@H](O[C@@H]3O[C@H](CO)[C@@H](O)[C@H](O)[C@H]3O)[C@@H](O)[C@H]2O)ccc2c1O/C(=C/c1ccc(O)c(O)c1)C2=O. The summed E-state index contributed by atoms with van der Waals surface area (Å²) in [6.07, 6.45) is -13.6. The van der Waals surface area contributed by atoms with Gasteiger partial charge in [-0.25, -0.2) is 0 Å². The Labute approximate surface area is 244 Å². The predicted octanol–water partition coefficient (Wildman–Crippen LogP) is -1.25. The third-order valence-corrected chi connectivity index (χ3v) is 7.42. The quantitative estimate of drug-likeness (QED) is 0.136. The van der Waals surface area contributed by atoms with E-state index < -0.39 is 73.8 Å². The molecule has 3 heterocycles. The van der Waals surface area contributed by atoms with Gasteiger partial charge in [-0.05, 0) is 42.8 Å². The first kappa shape index (κ1) is 30.9. The second-order valence-corrected chi connectivity index (χ2v) is 10.3. The van der Waals surface area contributed by atoms with Gasteiger partial charge in [-0.15, -0.1) is 0 Å². The van der Waals surface area contributed by atoms with Crippen LogP contribution >= 0.6 is 0 Å². The molecule has 0 spiro atoms. The first-order valence-corrected chi connectivity index (χ1v) is 13.3. The van der Waals surface area contributed by atoms with Crippen molar-refractivity contribution in [2.75, 3.05) is 13.7 Å².